The van der Waals surface area contributed by atoms with Crippen molar-refractivity contribution >= 4 is 159 Å². The third-order valence-electron chi connectivity index (χ3n) is 18.5. The highest BCUT2D eigenvalue weighted by molar-refractivity contribution is 5.60. The molecule has 0 amide bonds. The van der Waals surface area contributed by atoms with E-state index in [0.717, 1.165) is 110 Å². The molecule has 0 aliphatic carbocycles. The van der Waals surface area contributed by atoms with Gasteiger partial charge in [-0.2, -0.15) is 29.9 Å². The first-order chi connectivity index (χ1) is 62.9. The SMILES string of the molecule is CNc1n[nH]c(Nc2ccc(C)[nH]2)n1.CNc1nc(N(C)c2ccc(C)[nH]2)n[nH]1.Cc1ccc(N(C)c2n[nH]c(N)n2)[nH]1.Cc1ccc(N(C)c2nc(N(C)C)n[nH]2)[nH]1.Cc1ccc(N(C)c2nnc(N)n2C)[nH]1.Cc1ccc(Nc2n[nH]c(N)n2)[nH]1.Cc1ccc(Nc2nc(N(C)C)n[nH]2)[nH]1.Cc1ccc(Nc2nnc(N(C)C)n2C)[nH]1.Cc1ccc(Nc2nnc(N)n2C)[nH]1. The molecule has 132 heavy (non-hydrogen) atoms. The second kappa shape index (κ2) is 44.9. The van der Waals surface area contributed by atoms with Gasteiger partial charge in [0.1, 0.15) is 52.4 Å². The second-order valence-corrected chi connectivity index (χ2v) is 30.2. The van der Waals surface area contributed by atoms with Gasteiger partial charge < -0.3 is 120 Å². The Kier molecular flexibility index (Phi) is 32.8. The molecule has 30 N–H and O–H groups in total. The monoisotopic (exact) mass is 1810 g/mol. The van der Waals surface area contributed by atoms with Crippen molar-refractivity contribution in [3.05, 3.63) is 160 Å². The van der Waals surface area contributed by atoms with Gasteiger partial charge in [0.05, 0.1) is 0 Å². The third kappa shape index (κ3) is 27.6. The average molecular weight is 1810 g/mol. The molecule has 0 aliphatic heterocycles. The lowest BCUT2D eigenvalue weighted by Gasteiger charge is -2.15. The normalized spacial score (nSPS) is 10.4. The van der Waals surface area contributed by atoms with Crippen LogP contribution in [-0.4, -0.2) is 265 Å². The molecule has 0 saturated carbocycles. The molecule has 0 radical (unpaired) electrons. The molecule has 18 aromatic rings. The van der Waals surface area contributed by atoms with E-state index in [2.05, 4.69) is 204 Å². The van der Waals surface area contributed by atoms with Crippen LogP contribution in [0, 0.1) is 62.3 Å². The summed E-state index contributed by atoms with van der Waals surface area (Å²) in [6.45, 7) is 18.0. The average Bonchev–Trinajstić information content (AvgIpc) is 1.68. The molecule has 0 atom stereocenters. The topological polar surface area (TPSA) is 695 Å². The first-order valence-electron chi connectivity index (χ1n) is 40.8. The predicted molar refractivity (Wildman–Crippen MR) is 519 cm³/mol. The van der Waals surface area contributed by atoms with E-state index in [1.165, 1.54) is 0 Å². The van der Waals surface area contributed by atoms with Crippen LogP contribution in [-0.2, 0) is 21.1 Å². The van der Waals surface area contributed by atoms with Gasteiger partial charge >= 0.3 is 0 Å². The molecule has 54 heteroatoms. The lowest BCUT2D eigenvalue weighted by atomic mass is 10.5. The van der Waals surface area contributed by atoms with Gasteiger partial charge in [0.2, 0.25) is 95.2 Å². The van der Waals surface area contributed by atoms with Crippen LogP contribution in [0.15, 0.2) is 109 Å². The first kappa shape index (κ1) is 96.4. The molecule has 54 nitrogen and oxygen atoms in total. The highest BCUT2D eigenvalue weighted by Crippen LogP contribution is 2.27. The first-order valence-corrected chi connectivity index (χ1v) is 40.8. The highest BCUT2D eigenvalue weighted by Gasteiger charge is 2.18. The van der Waals surface area contributed by atoms with Crippen molar-refractivity contribution in [2.24, 2.45) is 21.1 Å². The Balaban J connectivity index is 0.000000154. The van der Waals surface area contributed by atoms with Gasteiger partial charge in [0, 0.05) is 157 Å². The number of aryl methyl sites for hydroxylation is 9. The maximum absolute atomic E-state index is 5.61. The molecule has 18 rings (SSSR count). The minimum atomic E-state index is 0.297. The number of aromatic nitrogens is 36. The van der Waals surface area contributed by atoms with Crippen LogP contribution >= 0.6 is 0 Å². The molecule has 0 saturated heterocycles. The van der Waals surface area contributed by atoms with Gasteiger partial charge in [-0.05, 0) is 172 Å². The van der Waals surface area contributed by atoms with Crippen molar-refractivity contribution in [1.82, 2.24) is 180 Å². The number of nitrogen functional groups attached to an aromatic ring is 4. The molecular weight excluding hydrogens is 1690 g/mol. The van der Waals surface area contributed by atoms with Crippen LogP contribution in [0.3, 0.4) is 0 Å². The molecule has 0 spiro atoms. The molecule has 0 aliphatic rings. The number of anilines is 27. The Morgan fingerprint density at radius 3 is 0.985 bits per heavy atom. The Bertz CT molecular complexity index is 6320. The van der Waals surface area contributed by atoms with Crippen LogP contribution in [0.1, 0.15) is 51.2 Å². The van der Waals surface area contributed by atoms with E-state index in [0.29, 0.717) is 101 Å². The molecule has 18 aromatic heterocycles. The summed E-state index contributed by atoms with van der Waals surface area (Å²) in [7, 11) is 28.2. The van der Waals surface area contributed by atoms with Gasteiger partial charge in [-0.25, -0.2) is 30.6 Å². The minimum Gasteiger partial charge on any atom is -0.368 e. The Morgan fingerprint density at radius 2 is 0.621 bits per heavy atom. The second-order valence-electron chi connectivity index (χ2n) is 30.2. The number of hydrogen-bond acceptors (Lipinski definition) is 36. The Labute approximate surface area is 759 Å². The minimum absolute atomic E-state index is 0.297. The summed E-state index contributed by atoms with van der Waals surface area (Å²) in [6, 6.07) is 35.6. The lowest BCUT2D eigenvalue weighted by molar-refractivity contribution is 0.872. The van der Waals surface area contributed by atoms with Crippen LogP contribution in [0.2, 0.25) is 0 Å². The van der Waals surface area contributed by atoms with Crippen molar-refractivity contribution < 1.29 is 0 Å². The van der Waals surface area contributed by atoms with Gasteiger partial charge in [-0.3, -0.25) is 33.3 Å². The van der Waals surface area contributed by atoms with Crippen molar-refractivity contribution in [2.45, 2.75) is 62.3 Å². The molecular formula is C78H120N54. The standard InChI is InChI=1S/2C10H16N6.3C9H14N6.3C8H12N6.C7H10N6/c1-7-5-6-8(11-7)16(4)10-12-9(13-14-10)15(2)3;1-7-5-6-8(11-7)12-9-13-14-10(15(2)3)16(9)4;1-6-4-5-7(11-6)14(2)9-13-12-8(10)15(9)3;1-6-4-5-7(10-6)11-8-12-9(14-13-8)15(2)3;1-6-4-5-7(11-6)15(3)9-12-8(10-2)13-14-9;1-5-3-4-6(10-5)14(2)8-11-7(9)12-13-8;1-5-3-4-6(10-5)11-8-13-12-7(9)14(8)2;1-5-3-4-6(10-5)11-8-12-7(9-2)13-14-8;1-4-2-3-5(9-4)10-7-11-6(8)12-13-7/h5-6,11H,1-4H3,(H,12,13,14);5-6,11H,1-4H3,(H,12,13);4-5,11H,1-3H3,(H2,10,12);4-5,10H,1-3H3,(H2,11,12,13,14);4-5,11H,1-3H3,(H2,10,12,13,14);3-4,10H,1-2H3,(H3,9,11,12,13);3-4,10H,1-2H3,(H2,9,12)(H,11,13);3-4,10H,1-2H3,(H3,9,11,12,13,14);2-3,9H,1H3,(H4,8,10,11,12,13). The van der Waals surface area contributed by atoms with E-state index >= 15 is 0 Å². The lowest BCUT2D eigenvalue weighted by Crippen LogP contribution is -2.15. The van der Waals surface area contributed by atoms with Gasteiger partial charge in [0.25, 0.3) is 11.9 Å². The predicted octanol–water partition coefficient (Wildman–Crippen LogP) is 9.40. The zero-order valence-corrected chi connectivity index (χ0v) is 78.2. The van der Waals surface area contributed by atoms with E-state index < -0.39 is 0 Å². The number of H-pyrrole nitrogens is 15. The van der Waals surface area contributed by atoms with E-state index in [4.69, 9.17) is 22.9 Å². The maximum Gasteiger partial charge on any atom is 0.251 e. The summed E-state index contributed by atoms with van der Waals surface area (Å²) >= 11 is 0. The fourth-order valence-electron chi connectivity index (χ4n) is 11.4. The number of rotatable bonds is 23. The van der Waals surface area contributed by atoms with Gasteiger partial charge in [-0.1, -0.05) is 0 Å². The Morgan fingerprint density at radius 1 is 0.273 bits per heavy atom. The summed E-state index contributed by atoms with van der Waals surface area (Å²) in [4.78, 5) is 66.5. The molecule has 18 heterocycles. The number of hydrogen-bond donors (Lipinski definition) is 26. The van der Waals surface area contributed by atoms with Crippen molar-refractivity contribution in [1.29, 1.82) is 0 Å². The van der Waals surface area contributed by atoms with Crippen molar-refractivity contribution in [3.63, 3.8) is 0 Å². The molecule has 0 bridgehead atoms. The number of nitrogens with zero attached hydrogens (tertiary/aromatic N) is 28. The van der Waals surface area contributed by atoms with Gasteiger partial charge in [0.15, 0.2) is 0 Å². The van der Waals surface area contributed by atoms with Crippen LogP contribution in [0.4, 0.5) is 159 Å². The Hall–Kier alpha value is -17.8. The highest BCUT2D eigenvalue weighted by atomic mass is 15.5. The van der Waals surface area contributed by atoms with E-state index in [-0.39, 0.29) is 0 Å². The quantitative estimate of drug-likeness (QED) is 0.0283. The van der Waals surface area contributed by atoms with E-state index in [1.54, 1.807) is 30.3 Å². The number of nitrogens with one attached hydrogen (secondary N) is 22. The zero-order valence-electron chi connectivity index (χ0n) is 78.2. The fourth-order valence-corrected chi connectivity index (χ4v) is 11.4. The number of aromatic amines is 15. The molecule has 0 unspecified atom stereocenters. The summed E-state index contributed by atoms with van der Waals surface area (Å²) in [5, 5.41) is 84.9. The van der Waals surface area contributed by atoms with Crippen molar-refractivity contribution in [3.8, 4) is 0 Å². The molecule has 0 fully saturated rings. The van der Waals surface area contributed by atoms with E-state index in [9.17, 15) is 0 Å². The van der Waals surface area contributed by atoms with Crippen LogP contribution in [0.5, 0.6) is 0 Å². The fraction of sp³-hybridized carbons (Fsp3) is 0.308. The van der Waals surface area contributed by atoms with Crippen LogP contribution < -0.4 is 94.5 Å². The smallest absolute Gasteiger partial charge is 0.251 e. The largest absolute Gasteiger partial charge is 0.368 e. The maximum atomic E-state index is 5.61. The summed E-state index contributed by atoms with van der Waals surface area (Å²) in [6.07, 6.45) is 0. The van der Waals surface area contributed by atoms with Crippen LogP contribution in [0.25, 0.3) is 0 Å². The zero-order chi connectivity index (χ0) is 95.6. The van der Waals surface area contributed by atoms with E-state index in [1.807, 2.05) is 295 Å². The number of nitrogens with two attached hydrogens (primary N) is 4. The molecule has 702 valence electrons. The van der Waals surface area contributed by atoms with Crippen molar-refractivity contribution in [2.75, 3.05) is 179 Å². The summed E-state index contributed by atoms with van der Waals surface area (Å²) in [5.41, 5.74) is 31.8. The van der Waals surface area contributed by atoms with Gasteiger partial charge in [-0.15, -0.1) is 61.2 Å². The third-order valence-corrected chi connectivity index (χ3v) is 18.5. The summed E-state index contributed by atoms with van der Waals surface area (Å²) < 4.78 is 5.31. The summed E-state index contributed by atoms with van der Waals surface area (Å²) in [5.74, 6) is 18.6. The molecule has 0 aromatic carbocycles.